The molecule has 6 heteroatoms. The molecular formula is C17H25N3O3. The summed E-state index contributed by atoms with van der Waals surface area (Å²) in [4.78, 5) is 28.1. The first-order valence-corrected chi connectivity index (χ1v) is 8.53. The van der Waals surface area contributed by atoms with E-state index in [2.05, 4.69) is 4.90 Å². The normalized spacial score (nSPS) is 23.3. The summed E-state index contributed by atoms with van der Waals surface area (Å²) in [6.45, 7) is 4.34. The molecule has 6 nitrogen and oxygen atoms in total. The number of carbonyl (C=O) groups excluding carboxylic acids is 2. The summed E-state index contributed by atoms with van der Waals surface area (Å²) >= 11 is 0. The Kier molecular flexibility index (Phi) is 4.71. The molecule has 1 aromatic rings. The SMILES string of the molecule is CCc1ccc(C(=O)N2CCC(N3CCC[C@H]3C(N)=O)CC2)o1. The summed E-state index contributed by atoms with van der Waals surface area (Å²) in [6.07, 6.45) is 4.45. The number of hydrogen-bond acceptors (Lipinski definition) is 4. The van der Waals surface area contributed by atoms with Crippen LogP contribution in [-0.4, -0.2) is 53.3 Å². The number of furan rings is 1. The molecule has 0 radical (unpaired) electrons. The first kappa shape index (κ1) is 16.1. The summed E-state index contributed by atoms with van der Waals surface area (Å²) in [6, 6.07) is 3.85. The molecule has 0 aromatic carbocycles. The van der Waals surface area contributed by atoms with E-state index in [-0.39, 0.29) is 17.9 Å². The van der Waals surface area contributed by atoms with Gasteiger partial charge in [0.1, 0.15) is 5.76 Å². The number of amides is 2. The monoisotopic (exact) mass is 319 g/mol. The van der Waals surface area contributed by atoms with Crippen LogP contribution in [0.1, 0.15) is 48.9 Å². The van der Waals surface area contributed by atoms with E-state index in [0.717, 1.165) is 44.4 Å². The zero-order valence-corrected chi connectivity index (χ0v) is 13.7. The predicted octanol–water partition coefficient (Wildman–Crippen LogP) is 1.40. The van der Waals surface area contributed by atoms with Crippen molar-refractivity contribution in [2.75, 3.05) is 19.6 Å². The van der Waals surface area contributed by atoms with E-state index in [1.165, 1.54) is 0 Å². The fourth-order valence-corrected chi connectivity index (χ4v) is 3.77. The Balaban J connectivity index is 1.58. The maximum absolute atomic E-state index is 12.5. The van der Waals surface area contributed by atoms with Crippen LogP contribution in [0.5, 0.6) is 0 Å². The van der Waals surface area contributed by atoms with Gasteiger partial charge in [-0.3, -0.25) is 14.5 Å². The molecular weight excluding hydrogens is 294 g/mol. The fraction of sp³-hybridized carbons (Fsp3) is 0.647. The summed E-state index contributed by atoms with van der Waals surface area (Å²) in [5.74, 6) is 1.01. The zero-order chi connectivity index (χ0) is 16.4. The van der Waals surface area contributed by atoms with Crippen LogP contribution in [0.25, 0.3) is 0 Å². The minimum atomic E-state index is -0.219. The third-order valence-electron chi connectivity index (χ3n) is 5.06. The average Bonchev–Trinajstić information content (AvgIpc) is 3.23. The van der Waals surface area contributed by atoms with E-state index in [1.807, 2.05) is 17.9 Å². The van der Waals surface area contributed by atoms with Crippen LogP contribution < -0.4 is 5.73 Å². The lowest BCUT2D eigenvalue weighted by atomic mass is 10.0. The number of nitrogens with zero attached hydrogens (tertiary/aromatic N) is 2. The average molecular weight is 319 g/mol. The third-order valence-corrected chi connectivity index (χ3v) is 5.06. The van der Waals surface area contributed by atoms with Gasteiger partial charge in [0.05, 0.1) is 6.04 Å². The van der Waals surface area contributed by atoms with Gasteiger partial charge in [0.2, 0.25) is 5.91 Å². The number of rotatable bonds is 4. The van der Waals surface area contributed by atoms with Gasteiger partial charge in [-0.2, -0.15) is 0 Å². The van der Waals surface area contributed by atoms with Gasteiger partial charge < -0.3 is 15.1 Å². The lowest BCUT2D eigenvalue weighted by Crippen LogP contribution is -2.51. The van der Waals surface area contributed by atoms with Crippen LogP contribution in [0.2, 0.25) is 0 Å². The van der Waals surface area contributed by atoms with Gasteiger partial charge in [-0.05, 0) is 44.4 Å². The van der Waals surface area contributed by atoms with Crippen molar-refractivity contribution in [3.8, 4) is 0 Å². The Labute approximate surface area is 136 Å². The van der Waals surface area contributed by atoms with Crippen molar-refractivity contribution in [3.05, 3.63) is 23.7 Å². The molecule has 126 valence electrons. The van der Waals surface area contributed by atoms with Gasteiger partial charge in [-0.1, -0.05) is 6.92 Å². The second kappa shape index (κ2) is 6.74. The minimum absolute atomic E-state index is 0.0315. The molecule has 2 aliphatic rings. The molecule has 2 aliphatic heterocycles. The molecule has 2 saturated heterocycles. The third kappa shape index (κ3) is 3.27. The topological polar surface area (TPSA) is 79.8 Å². The van der Waals surface area contributed by atoms with E-state index < -0.39 is 0 Å². The van der Waals surface area contributed by atoms with Crippen molar-refractivity contribution in [3.63, 3.8) is 0 Å². The molecule has 3 heterocycles. The van der Waals surface area contributed by atoms with Gasteiger partial charge in [0.25, 0.3) is 5.91 Å². The molecule has 0 saturated carbocycles. The molecule has 0 unspecified atom stereocenters. The number of primary amides is 1. The van der Waals surface area contributed by atoms with Crippen LogP contribution in [-0.2, 0) is 11.2 Å². The number of piperidine rings is 1. The predicted molar refractivity (Wildman–Crippen MR) is 85.9 cm³/mol. The van der Waals surface area contributed by atoms with Crippen molar-refractivity contribution < 1.29 is 14.0 Å². The quantitative estimate of drug-likeness (QED) is 0.909. The van der Waals surface area contributed by atoms with E-state index >= 15 is 0 Å². The minimum Gasteiger partial charge on any atom is -0.456 e. The largest absolute Gasteiger partial charge is 0.456 e. The molecule has 0 bridgehead atoms. The molecule has 23 heavy (non-hydrogen) atoms. The summed E-state index contributed by atoms with van der Waals surface area (Å²) < 4.78 is 5.56. The van der Waals surface area contributed by atoms with Gasteiger partial charge in [-0.15, -0.1) is 0 Å². The van der Waals surface area contributed by atoms with Crippen LogP contribution in [0, 0.1) is 0 Å². The van der Waals surface area contributed by atoms with Gasteiger partial charge in [0, 0.05) is 25.6 Å². The molecule has 1 atom stereocenters. The maximum Gasteiger partial charge on any atom is 0.289 e. The van der Waals surface area contributed by atoms with Crippen LogP contribution in [0.4, 0.5) is 0 Å². The molecule has 3 rings (SSSR count). The number of aryl methyl sites for hydroxylation is 1. The second-order valence-electron chi connectivity index (χ2n) is 6.44. The van der Waals surface area contributed by atoms with Crippen molar-refractivity contribution >= 4 is 11.8 Å². The first-order valence-electron chi connectivity index (χ1n) is 8.53. The Bertz CT molecular complexity index is 575. The van der Waals surface area contributed by atoms with Crippen molar-refractivity contribution in [1.82, 2.24) is 9.80 Å². The van der Waals surface area contributed by atoms with Crippen LogP contribution >= 0.6 is 0 Å². The van der Waals surface area contributed by atoms with Crippen molar-refractivity contribution in [2.45, 2.75) is 51.1 Å². The highest BCUT2D eigenvalue weighted by Crippen LogP contribution is 2.26. The van der Waals surface area contributed by atoms with E-state index in [0.29, 0.717) is 24.9 Å². The fourth-order valence-electron chi connectivity index (χ4n) is 3.77. The molecule has 1 aromatic heterocycles. The Morgan fingerprint density at radius 3 is 2.57 bits per heavy atom. The van der Waals surface area contributed by atoms with Crippen molar-refractivity contribution in [1.29, 1.82) is 0 Å². The standard InChI is InChI=1S/C17H25N3O3/c1-2-13-5-6-15(23-13)17(22)19-10-7-12(8-11-19)20-9-3-4-14(20)16(18)21/h5-6,12,14H,2-4,7-11H2,1H3,(H2,18,21)/t14-/m0/s1. The van der Waals surface area contributed by atoms with Gasteiger partial charge in [-0.25, -0.2) is 0 Å². The number of carbonyl (C=O) groups is 2. The highest BCUT2D eigenvalue weighted by atomic mass is 16.4. The number of nitrogens with two attached hydrogens (primary N) is 1. The molecule has 2 amide bonds. The zero-order valence-electron chi connectivity index (χ0n) is 13.7. The summed E-state index contributed by atoms with van der Waals surface area (Å²) in [5, 5.41) is 0. The van der Waals surface area contributed by atoms with E-state index in [9.17, 15) is 9.59 Å². The van der Waals surface area contributed by atoms with Crippen LogP contribution in [0.15, 0.2) is 16.5 Å². The molecule has 0 aliphatic carbocycles. The number of likely N-dealkylation sites (tertiary alicyclic amines) is 2. The Morgan fingerprint density at radius 2 is 1.96 bits per heavy atom. The lowest BCUT2D eigenvalue weighted by Gasteiger charge is -2.38. The van der Waals surface area contributed by atoms with Crippen molar-refractivity contribution in [2.24, 2.45) is 5.73 Å². The first-order chi connectivity index (χ1) is 11.1. The van der Waals surface area contributed by atoms with E-state index in [1.54, 1.807) is 6.07 Å². The molecule has 2 N–H and O–H groups in total. The Morgan fingerprint density at radius 1 is 1.22 bits per heavy atom. The molecule has 2 fully saturated rings. The second-order valence-corrected chi connectivity index (χ2v) is 6.44. The van der Waals surface area contributed by atoms with Gasteiger partial charge >= 0.3 is 0 Å². The Hall–Kier alpha value is -1.82. The maximum atomic E-state index is 12.5. The highest BCUT2D eigenvalue weighted by molar-refractivity contribution is 5.91. The highest BCUT2D eigenvalue weighted by Gasteiger charge is 2.36. The smallest absolute Gasteiger partial charge is 0.289 e. The summed E-state index contributed by atoms with van der Waals surface area (Å²) in [7, 11) is 0. The van der Waals surface area contributed by atoms with Gasteiger partial charge in [0.15, 0.2) is 5.76 Å². The lowest BCUT2D eigenvalue weighted by molar-refractivity contribution is -0.123. The number of hydrogen-bond donors (Lipinski definition) is 1. The molecule has 0 spiro atoms. The summed E-state index contributed by atoms with van der Waals surface area (Å²) in [5.41, 5.74) is 5.50. The van der Waals surface area contributed by atoms with Crippen LogP contribution in [0.3, 0.4) is 0 Å². The van der Waals surface area contributed by atoms with E-state index in [4.69, 9.17) is 10.2 Å².